The maximum absolute atomic E-state index is 10.4. The van der Waals surface area contributed by atoms with E-state index < -0.39 is 11.1 Å². The molecule has 3 nitrogen and oxygen atoms in total. The quantitative estimate of drug-likeness (QED) is 0.327. The van der Waals surface area contributed by atoms with Gasteiger partial charge in [0.2, 0.25) is 0 Å². The van der Waals surface area contributed by atoms with Crippen LogP contribution in [0.4, 0.5) is 0 Å². The minimum atomic E-state index is -1.96. The molecule has 1 rings (SSSR count). The second-order valence-electron chi connectivity index (χ2n) is 1.56. The Kier molecular flexibility index (Phi) is 4.98. The Morgan fingerprint density at radius 1 is 1.73 bits per heavy atom. The number of hydrogen-bond donors (Lipinski definition) is 1. The smallest absolute Gasteiger partial charge is 1.00 e. The first kappa shape index (κ1) is 11.1. The van der Waals surface area contributed by atoms with Crippen molar-refractivity contribution in [2.75, 3.05) is 0 Å². The predicted molar refractivity (Wildman–Crippen MR) is 39.4 cm³/mol. The first-order valence-corrected chi connectivity index (χ1v) is 3.91. The van der Waals surface area contributed by atoms with Crippen LogP contribution in [0.1, 0.15) is 1.43 Å². The second kappa shape index (κ2) is 4.91. The third kappa shape index (κ3) is 3.37. The first-order valence-electron chi connectivity index (χ1n) is 2.42. The Labute approximate surface area is 85.1 Å². The molecular formula is C5H5ClLiNO2S. The van der Waals surface area contributed by atoms with Crippen LogP contribution in [0.15, 0.2) is 23.2 Å². The Morgan fingerprint density at radius 2 is 2.36 bits per heavy atom. The fourth-order valence-electron chi connectivity index (χ4n) is 0.493. The fourth-order valence-corrected chi connectivity index (χ4v) is 1.12. The van der Waals surface area contributed by atoms with E-state index in [0.29, 0.717) is 0 Å². The molecule has 0 saturated carbocycles. The topological polar surface area (TPSA) is 50.2 Å². The molecule has 0 fully saturated rings. The van der Waals surface area contributed by atoms with Gasteiger partial charge in [-0.1, -0.05) is 11.6 Å². The molecular weight excluding hydrogens is 181 g/mol. The standard InChI is InChI=1S/C5H4ClNO2S.Li.H/c6-5-3-4(10(8)9)1-2-7-5;;/h1-3H,(H,8,9);;/q;+1;-1. The molecule has 56 valence electrons. The average molecular weight is 186 g/mol. The maximum Gasteiger partial charge on any atom is 1.00 e. The van der Waals surface area contributed by atoms with Crippen LogP contribution in [0.3, 0.4) is 0 Å². The predicted octanol–water partition coefficient (Wildman–Crippen LogP) is -1.57. The van der Waals surface area contributed by atoms with Crippen LogP contribution < -0.4 is 18.9 Å². The van der Waals surface area contributed by atoms with Gasteiger partial charge in [0.05, 0.1) is 4.90 Å². The van der Waals surface area contributed by atoms with Gasteiger partial charge in [-0.15, -0.1) is 0 Å². The first-order chi connectivity index (χ1) is 4.70. The summed E-state index contributed by atoms with van der Waals surface area (Å²) < 4.78 is 18.9. The van der Waals surface area contributed by atoms with Crippen molar-refractivity contribution in [3.05, 3.63) is 23.5 Å². The Morgan fingerprint density at radius 3 is 2.73 bits per heavy atom. The van der Waals surface area contributed by atoms with E-state index >= 15 is 0 Å². The van der Waals surface area contributed by atoms with Gasteiger partial charge < -0.3 is 5.98 Å². The molecule has 0 spiro atoms. The van der Waals surface area contributed by atoms with Gasteiger partial charge in [-0.05, 0) is 12.1 Å². The van der Waals surface area contributed by atoms with Gasteiger partial charge in [0.1, 0.15) is 5.15 Å². The van der Waals surface area contributed by atoms with Crippen LogP contribution >= 0.6 is 11.6 Å². The van der Waals surface area contributed by atoms with E-state index in [0.717, 1.165) is 0 Å². The summed E-state index contributed by atoms with van der Waals surface area (Å²) in [6.07, 6.45) is 1.38. The van der Waals surface area contributed by atoms with Crippen LogP contribution in [-0.2, 0) is 11.1 Å². The van der Waals surface area contributed by atoms with Crippen molar-refractivity contribution >= 4 is 22.7 Å². The number of rotatable bonds is 1. The fraction of sp³-hybridized carbons (Fsp3) is 0. The minimum Gasteiger partial charge on any atom is -1.00 e. The zero-order chi connectivity index (χ0) is 7.56. The third-order valence-electron chi connectivity index (χ3n) is 0.900. The molecule has 1 unspecified atom stereocenters. The molecule has 0 radical (unpaired) electrons. The summed E-state index contributed by atoms with van der Waals surface area (Å²) in [6.45, 7) is 0. The maximum atomic E-state index is 10.4. The van der Waals surface area contributed by atoms with Crippen molar-refractivity contribution in [1.29, 1.82) is 0 Å². The van der Waals surface area contributed by atoms with Gasteiger partial charge in [-0.25, -0.2) is 9.19 Å². The molecule has 0 amide bonds. The van der Waals surface area contributed by atoms with Crippen molar-refractivity contribution < 1.29 is 29.0 Å². The van der Waals surface area contributed by atoms with Gasteiger partial charge >= 0.3 is 18.9 Å². The Balaban J connectivity index is 0. The number of nitrogens with zero attached hydrogens (tertiary/aromatic N) is 1. The SMILES string of the molecule is O=S(O)c1ccnc(Cl)c1.[H-].[Li+]. The number of hydrogen-bond acceptors (Lipinski definition) is 2. The van der Waals surface area contributed by atoms with E-state index in [9.17, 15) is 4.21 Å². The third-order valence-corrected chi connectivity index (χ3v) is 1.76. The van der Waals surface area contributed by atoms with E-state index in [1.807, 2.05) is 0 Å². The van der Waals surface area contributed by atoms with Gasteiger partial charge in [-0.2, -0.15) is 0 Å². The van der Waals surface area contributed by atoms with Crippen LogP contribution in [0.2, 0.25) is 5.15 Å². The average Bonchev–Trinajstić information content (AvgIpc) is 1.88. The summed E-state index contributed by atoms with van der Waals surface area (Å²) in [6, 6.07) is 2.78. The molecule has 1 aromatic heterocycles. The normalized spacial score (nSPS) is 11.8. The van der Waals surface area contributed by atoms with Crippen LogP contribution in [0.25, 0.3) is 0 Å². The summed E-state index contributed by atoms with van der Waals surface area (Å²) in [5, 5.41) is 0.222. The monoisotopic (exact) mass is 185 g/mol. The van der Waals surface area contributed by atoms with Gasteiger partial charge in [0.15, 0.2) is 11.1 Å². The summed E-state index contributed by atoms with van der Waals surface area (Å²) in [5.74, 6) is 0. The van der Waals surface area contributed by atoms with Crippen molar-refractivity contribution in [3.63, 3.8) is 0 Å². The molecule has 6 heteroatoms. The summed E-state index contributed by atoms with van der Waals surface area (Å²) in [5.41, 5.74) is 0. The van der Waals surface area contributed by atoms with Crippen molar-refractivity contribution in [3.8, 4) is 0 Å². The Bertz CT molecular complexity index is 275. The summed E-state index contributed by atoms with van der Waals surface area (Å²) in [7, 11) is 0. The molecule has 0 aliphatic rings. The molecule has 0 aliphatic carbocycles. The minimum absolute atomic E-state index is 0. The zero-order valence-corrected chi connectivity index (χ0v) is 7.39. The van der Waals surface area contributed by atoms with Gasteiger partial charge in [0, 0.05) is 6.20 Å². The summed E-state index contributed by atoms with van der Waals surface area (Å²) >= 11 is 3.47. The zero-order valence-electron chi connectivity index (χ0n) is 6.82. The van der Waals surface area contributed by atoms with Gasteiger partial charge in [0.25, 0.3) is 0 Å². The molecule has 1 N–H and O–H groups in total. The summed E-state index contributed by atoms with van der Waals surface area (Å²) in [4.78, 5) is 3.91. The largest absolute Gasteiger partial charge is 1.00 e. The number of pyridine rings is 1. The van der Waals surface area contributed by atoms with Crippen LogP contribution in [-0.4, -0.2) is 13.7 Å². The van der Waals surface area contributed by atoms with E-state index in [-0.39, 0.29) is 30.3 Å². The van der Waals surface area contributed by atoms with Crippen molar-refractivity contribution in [2.24, 2.45) is 0 Å². The second-order valence-corrected chi connectivity index (χ2v) is 2.92. The van der Waals surface area contributed by atoms with E-state index in [1.54, 1.807) is 0 Å². The molecule has 1 atom stereocenters. The molecule has 1 heterocycles. The van der Waals surface area contributed by atoms with E-state index in [2.05, 4.69) is 4.98 Å². The Hall–Kier alpha value is 0.147. The van der Waals surface area contributed by atoms with E-state index in [1.165, 1.54) is 18.3 Å². The molecule has 0 saturated heterocycles. The van der Waals surface area contributed by atoms with E-state index in [4.69, 9.17) is 16.2 Å². The van der Waals surface area contributed by atoms with Crippen LogP contribution in [0.5, 0.6) is 0 Å². The number of aromatic nitrogens is 1. The van der Waals surface area contributed by atoms with Gasteiger partial charge in [-0.3, -0.25) is 0 Å². The molecule has 11 heavy (non-hydrogen) atoms. The molecule has 0 aromatic carbocycles. The number of halogens is 1. The van der Waals surface area contributed by atoms with Crippen LogP contribution in [0, 0.1) is 0 Å². The van der Waals surface area contributed by atoms with Crippen molar-refractivity contribution in [2.45, 2.75) is 4.90 Å². The molecule has 0 bridgehead atoms. The molecule has 1 aromatic rings. The van der Waals surface area contributed by atoms with Crippen molar-refractivity contribution in [1.82, 2.24) is 4.98 Å². The molecule has 0 aliphatic heterocycles.